The van der Waals surface area contributed by atoms with Crippen LogP contribution in [0.15, 0.2) is 47.6 Å². The number of amides is 1. The third-order valence-electron chi connectivity index (χ3n) is 5.20. The number of piperazine rings is 1. The van der Waals surface area contributed by atoms with Crippen molar-refractivity contribution in [3.05, 3.63) is 69.5 Å². The molecule has 2 aliphatic rings. The molecule has 29 heavy (non-hydrogen) atoms. The Labute approximate surface area is 178 Å². The van der Waals surface area contributed by atoms with E-state index in [1.807, 2.05) is 17.0 Å². The van der Waals surface area contributed by atoms with Crippen molar-refractivity contribution in [3.63, 3.8) is 0 Å². The summed E-state index contributed by atoms with van der Waals surface area (Å²) in [5.41, 5.74) is 2.53. The lowest BCUT2D eigenvalue weighted by Gasteiger charge is -2.35. The molecule has 1 amide bonds. The maximum absolute atomic E-state index is 13.1. The van der Waals surface area contributed by atoms with Crippen molar-refractivity contribution in [2.24, 2.45) is 5.16 Å². The van der Waals surface area contributed by atoms with Crippen molar-refractivity contribution in [1.82, 2.24) is 9.80 Å². The van der Waals surface area contributed by atoms with E-state index in [0.717, 1.165) is 30.8 Å². The average molecular weight is 436 g/mol. The van der Waals surface area contributed by atoms with Crippen LogP contribution in [0.2, 0.25) is 10.0 Å². The Hall–Kier alpha value is -2.15. The van der Waals surface area contributed by atoms with E-state index >= 15 is 0 Å². The lowest BCUT2D eigenvalue weighted by atomic mass is 10.0. The van der Waals surface area contributed by atoms with E-state index in [4.69, 9.17) is 28.0 Å². The van der Waals surface area contributed by atoms with Crippen LogP contribution in [-0.4, -0.2) is 53.7 Å². The fourth-order valence-electron chi connectivity index (χ4n) is 3.55. The first kappa shape index (κ1) is 20.1. The molecule has 2 heterocycles. The second-order valence-corrected chi connectivity index (χ2v) is 8.01. The van der Waals surface area contributed by atoms with E-state index < -0.39 is 6.10 Å². The third kappa shape index (κ3) is 4.71. The highest BCUT2D eigenvalue weighted by atomic mass is 35.5. The average Bonchev–Trinajstić information content (AvgIpc) is 3.21. The van der Waals surface area contributed by atoms with Gasteiger partial charge >= 0.3 is 0 Å². The number of hydrogen-bond acceptors (Lipinski definition) is 4. The third-order valence-corrected chi connectivity index (χ3v) is 5.93. The van der Waals surface area contributed by atoms with E-state index in [0.29, 0.717) is 35.3 Å². The van der Waals surface area contributed by atoms with Crippen molar-refractivity contribution >= 4 is 34.8 Å². The molecule has 0 bridgehead atoms. The summed E-state index contributed by atoms with van der Waals surface area (Å²) < 4.78 is 13.1. The van der Waals surface area contributed by atoms with Gasteiger partial charge < -0.3 is 9.74 Å². The maximum Gasteiger partial charge on any atom is 0.266 e. The molecule has 1 saturated heterocycles. The molecule has 1 unspecified atom stereocenters. The Balaban J connectivity index is 1.28. The highest BCUT2D eigenvalue weighted by Crippen LogP contribution is 2.24. The quantitative estimate of drug-likeness (QED) is 0.729. The lowest BCUT2D eigenvalue weighted by Crippen LogP contribution is -2.51. The normalized spacial score (nSPS) is 19.8. The fourth-order valence-corrected chi connectivity index (χ4v) is 3.87. The predicted molar refractivity (Wildman–Crippen MR) is 111 cm³/mol. The summed E-state index contributed by atoms with van der Waals surface area (Å²) in [7, 11) is 0. The Morgan fingerprint density at radius 1 is 1.07 bits per heavy atom. The summed E-state index contributed by atoms with van der Waals surface area (Å²) in [6.45, 7) is 3.56. The number of carbonyl (C=O) groups excluding carboxylic acids is 1. The fraction of sp³-hybridized carbons (Fsp3) is 0.333. The van der Waals surface area contributed by atoms with Gasteiger partial charge in [0, 0.05) is 39.1 Å². The van der Waals surface area contributed by atoms with Gasteiger partial charge in [0.2, 0.25) is 6.10 Å². The second-order valence-electron chi connectivity index (χ2n) is 7.19. The lowest BCUT2D eigenvalue weighted by molar-refractivity contribution is -0.143. The number of carbonyl (C=O) groups is 1. The van der Waals surface area contributed by atoms with Crippen LogP contribution in [0.25, 0.3) is 0 Å². The summed E-state index contributed by atoms with van der Waals surface area (Å²) in [6.07, 6.45) is -0.217. The number of hydrogen-bond donors (Lipinski definition) is 0. The molecule has 0 aliphatic carbocycles. The van der Waals surface area contributed by atoms with Gasteiger partial charge in [0.15, 0.2) is 0 Å². The molecule has 4 rings (SSSR count). The van der Waals surface area contributed by atoms with Crippen LogP contribution in [0.5, 0.6) is 0 Å². The summed E-state index contributed by atoms with van der Waals surface area (Å²) in [5.74, 6) is -0.361. The van der Waals surface area contributed by atoms with E-state index in [1.165, 1.54) is 12.1 Å². The molecular formula is C21H20Cl2FN3O2. The van der Waals surface area contributed by atoms with Crippen LogP contribution in [0, 0.1) is 5.82 Å². The van der Waals surface area contributed by atoms with Gasteiger partial charge in [-0.3, -0.25) is 9.69 Å². The standard InChI is InChI=1S/C21H20Cl2FN3O2/c22-17-6-1-14(11-18(17)23)13-26-7-9-27(10-8-26)21(28)20-12-19(25-29-20)15-2-4-16(24)5-3-15/h1-6,11,20H,7-10,12-13H2. The van der Waals surface area contributed by atoms with Gasteiger partial charge in [0.1, 0.15) is 5.82 Å². The topological polar surface area (TPSA) is 45.1 Å². The Kier molecular flexibility index (Phi) is 6.04. The van der Waals surface area contributed by atoms with Crippen molar-refractivity contribution < 1.29 is 14.0 Å². The zero-order valence-corrected chi connectivity index (χ0v) is 17.2. The molecule has 1 atom stereocenters. The van der Waals surface area contributed by atoms with Crippen LogP contribution < -0.4 is 0 Å². The number of oxime groups is 1. The largest absolute Gasteiger partial charge is 0.382 e. The molecular weight excluding hydrogens is 416 g/mol. The molecule has 2 aromatic rings. The van der Waals surface area contributed by atoms with Crippen LogP contribution in [0.1, 0.15) is 17.5 Å². The smallest absolute Gasteiger partial charge is 0.266 e. The van der Waals surface area contributed by atoms with Crippen molar-refractivity contribution in [1.29, 1.82) is 0 Å². The Morgan fingerprint density at radius 2 is 1.79 bits per heavy atom. The van der Waals surface area contributed by atoms with Gasteiger partial charge in [-0.25, -0.2) is 4.39 Å². The van der Waals surface area contributed by atoms with Crippen LogP contribution in [0.3, 0.4) is 0 Å². The van der Waals surface area contributed by atoms with Gasteiger partial charge in [-0.15, -0.1) is 0 Å². The van der Waals surface area contributed by atoms with Crippen LogP contribution in [0.4, 0.5) is 4.39 Å². The molecule has 0 aromatic heterocycles. The molecule has 152 valence electrons. The number of halogens is 3. The second kappa shape index (κ2) is 8.69. The summed E-state index contributed by atoms with van der Waals surface area (Å²) >= 11 is 12.1. The summed E-state index contributed by atoms with van der Waals surface area (Å²) in [5, 5.41) is 5.13. The highest BCUT2D eigenvalue weighted by Gasteiger charge is 2.33. The molecule has 8 heteroatoms. The van der Waals surface area contributed by atoms with Gasteiger partial charge in [-0.05, 0) is 35.4 Å². The van der Waals surface area contributed by atoms with E-state index in [2.05, 4.69) is 10.1 Å². The Morgan fingerprint density at radius 3 is 2.48 bits per heavy atom. The first-order valence-corrected chi connectivity index (χ1v) is 10.2. The molecule has 5 nitrogen and oxygen atoms in total. The monoisotopic (exact) mass is 435 g/mol. The molecule has 1 fully saturated rings. The van der Waals surface area contributed by atoms with E-state index in [9.17, 15) is 9.18 Å². The molecule has 0 radical (unpaired) electrons. The summed E-state index contributed by atoms with van der Waals surface area (Å²) in [6, 6.07) is 11.7. The molecule has 2 aliphatic heterocycles. The van der Waals surface area contributed by atoms with E-state index in [-0.39, 0.29) is 11.7 Å². The Bertz CT molecular complexity index is 928. The molecule has 2 aromatic carbocycles. The van der Waals surface area contributed by atoms with Crippen molar-refractivity contribution in [3.8, 4) is 0 Å². The minimum atomic E-state index is -0.614. The van der Waals surface area contributed by atoms with Crippen molar-refractivity contribution in [2.75, 3.05) is 26.2 Å². The summed E-state index contributed by atoms with van der Waals surface area (Å²) in [4.78, 5) is 22.3. The van der Waals surface area contributed by atoms with Gasteiger partial charge in [-0.1, -0.05) is 46.6 Å². The first-order chi connectivity index (χ1) is 14.0. The van der Waals surface area contributed by atoms with Crippen LogP contribution in [-0.2, 0) is 16.2 Å². The molecule has 0 spiro atoms. The van der Waals surface area contributed by atoms with Crippen LogP contribution >= 0.6 is 23.2 Å². The number of benzene rings is 2. The molecule has 0 saturated carbocycles. The van der Waals surface area contributed by atoms with E-state index in [1.54, 1.807) is 18.2 Å². The van der Waals surface area contributed by atoms with Crippen molar-refractivity contribution in [2.45, 2.75) is 19.1 Å². The number of nitrogens with zero attached hydrogens (tertiary/aromatic N) is 3. The minimum absolute atomic E-state index is 0.0555. The zero-order chi connectivity index (χ0) is 20.4. The minimum Gasteiger partial charge on any atom is -0.382 e. The maximum atomic E-state index is 13.1. The van der Waals surface area contributed by atoms with Gasteiger partial charge in [-0.2, -0.15) is 0 Å². The molecule has 0 N–H and O–H groups in total. The van der Waals surface area contributed by atoms with Gasteiger partial charge in [0.05, 0.1) is 15.8 Å². The number of rotatable bonds is 4. The SMILES string of the molecule is O=C(C1CC(c2ccc(F)cc2)=NO1)N1CCN(Cc2ccc(Cl)c(Cl)c2)CC1. The predicted octanol–water partition coefficient (Wildman–Crippen LogP) is 3.97. The zero-order valence-electron chi connectivity index (χ0n) is 15.7. The highest BCUT2D eigenvalue weighted by molar-refractivity contribution is 6.42. The van der Waals surface area contributed by atoms with Gasteiger partial charge in [0.25, 0.3) is 5.91 Å². The first-order valence-electron chi connectivity index (χ1n) is 9.43.